The predicted octanol–water partition coefficient (Wildman–Crippen LogP) is 0.563. The Bertz CT molecular complexity index is 1560. The Morgan fingerprint density at radius 2 is 2.16 bits per heavy atom. The Kier molecular flexibility index (Phi) is 9.07. The molecule has 0 aliphatic carbocycles. The van der Waals surface area contributed by atoms with E-state index in [9.17, 15) is 29.3 Å². The van der Waals surface area contributed by atoms with Crippen LogP contribution in [0.5, 0.6) is 0 Å². The number of nitrogens with two attached hydrogens (primary N) is 1. The molecular formula is C23H30BrFN7O10P. The summed E-state index contributed by atoms with van der Waals surface area (Å²) in [4.78, 5) is 42.9. The van der Waals surface area contributed by atoms with Gasteiger partial charge in [-0.05, 0) is 29.8 Å². The van der Waals surface area contributed by atoms with Crippen molar-refractivity contribution < 1.29 is 46.7 Å². The van der Waals surface area contributed by atoms with E-state index < -0.39 is 71.5 Å². The fourth-order valence-electron chi connectivity index (χ4n) is 4.43. The van der Waals surface area contributed by atoms with Gasteiger partial charge < -0.3 is 25.6 Å². The van der Waals surface area contributed by atoms with Gasteiger partial charge in [-0.1, -0.05) is 13.8 Å². The van der Waals surface area contributed by atoms with E-state index in [2.05, 4.69) is 36.3 Å². The van der Waals surface area contributed by atoms with E-state index in [1.165, 1.54) is 0 Å². The summed E-state index contributed by atoms with van der Waals surface area (Å²) < 4.78 is 54.0. The smallest absolute Gasteiger partial charge is 0.463 e. The number of aromatic amines is 1. The quantitative estimate of drug-likeness (QED) is 0.159. The Labute approximate surface area is 251 Å². The number of carbonyl (C=O) groups is 2. The van der Waals surface area contributed by atoms with Gasteiger partial charge in [0, 0.05) is 12.0 Å². The number of esters is 1. The molecule has 6 atom stereocenters. The first-order valence-corrected chi connectivity index (χ1v) is 15.2. The number of phosphoric ester groups is 1. The van der Waals surface area contributed by atoms with Crippen molar-refractivity contribution in [3.8, 4) is 6.07 Å². The number of hydrogen-bond acceptors (Lipinski definition) is 14. The number of aliphatic hydroxyl groups excluding tert-OH is 1. The van der Waals surface area contributed by atoms with E-state index in [0.717, 1.165) is 10.7 Å². The standard InChI is InChI=1S/C23H30BrFN7O10P/c1-11(2)40-14(33)5-6-28-18(35)16-21(3,4)10-39-43(37,42-16)38-8-12-15(34)23(24,25)22(9-26,41-12)13-7-29-17-19(36)30-20(27)31-32(13)17/h7,11-12,15-16,34H,5-6,8,10H2,1-4H3,(H,28,35)(H3,27,30,31,36)/t12-,15+,16+,22+,23?,43?/m1/s1. The van der Waals surface area contributed by atoms with Crippen LogP contribution in [0.3, 0.4) is 0 Å². The number of ether oxygens (including phenoxy) is 2. The molecule has 0 radical (unpaired) electrons. The molecule has 43 heavy (non-hydrogen) atoms. The Hall–Kier alpha value is -2.98. The maximum absolute atomic E-state index is 16.1. The molecule has 17 nitrogen and oxygen atoms in total. The van der Waals surface area contributed by atoms with Gasteiger partial charge in [-0.15, -0.1) is 5.10 Å². The number of anilines is 1. The van der Waals surface area contributed by atoms with Crippen LogP contribution >= 0.6 is 23.8 Å². The summed E-state index contributed by atoms with van der Waals surface area (Å²) in [6, 6.07) is 1.65. The molecule has 0 spiro atoms. The molecule has 2 fully saturated rings. The molecule has 2 aliphatic rings. The third-order valence-corrected chi connectivity index (χ3v) is 9.01. The predicted molar refractivity (Wildman–Crippen MR) is 146 cm³/mol. The lowest BCUT2D eigenvalue weighted by Crippen LogP contribution is -2.50. The fourth-order valence-corrected chi connectivity index (χ4v) is 6.77. The average molecular weight is 694 g/mol. The lowest BCUT2D eigenvalue weighted by molar-refractivity contribution is -0.147. The van der Waals surface area contributed by atoms with Gasteiger partial charge in [0.15, 0.2) is 6.10 Å². The summed E-state index contributed by atoms with van der Waals surface area (Å²) in [5, 5.41) is 27.2. The minimum atomic E-state index is -4.51. The van der Waals surface area contributed by atoms with E-state index in [1.807, 2.05) is 0 Å². The molecule has 2 aliphatic heterocycles. The monoisotopic (exact) mass is 693 g/mol. The Morgan fingerprint density at radius 1 is 1.47 bits per heavy atom. The summed E-state index contributed by atoms with van der Waals surface area (Å²) >= 11 is 2.72. The molecule has 20 heteroatoms. The van der Waals surface area contributed by atoms with Crippen molar-refractivity contribution in [2.24, 2.45) is 5.41 Å². The largest absolute Gasteiger partial charge is 0.475 e. The van der Waals surface area contributed by atoms with Crippen LogP contribution in [-0.4, -0.2) is 85.3 Å². The fraction of sp³-hybridized carbons (Fsp3) is 0.652. The van der Waals surface area contributed by atoms with E-state index in [-0.39, 0.29) is 37.3 Å². The Balaban J connectivity index is 1.49. The molecule has 2 unspecified atom stereocenters. The number of phosphoric acid groups is 1. The third kappa shape index (κ3) is 6.18. The number of nitrogens with zero attached hydrogens (tertiary/aromatic N) is 4. The summed E-state index contributed by atoms with van der Waals surface area (Å²) in [6.07, 6.45) is -4.62. The van der Waals surface area contributed by atoms with Crippen molar-refractivity contribution >= 4 is 47.2 Å². The maximum atomic E-state index is 16.1. The first-order chi connectivity index (χ1) is 20.0. The topological polar surface area (TPSA) is 242 Å². The van der Waals surface area contributed by atoms with Crippen molar-refractivity contribution in [3.63, 3.8) is 0 Å². The minimum absolute atomic E-state index is 0.0792. The number of alkyl halides is 2. The number of rotatable bonds is 9. The van der Waals surface area contributed by atoms with Crippen molar-refractivity contribution in [1.29, 1.82) is 5.26 Å². The van der Waals surface area contributed by atoms with Crippen LogP contribution in [0.15, 0.2) is 11.0 Å². The summed E-state index contributed by atoms with van der Waals surface area (Å²) in [5.74, 6) is -1.59. The van der Waals surface area contributed by atoms with Gasteiger partial charge in [0.1, 0.15) is 24.0 Å². The van der Waals surface area contributed by atoms with Crippen LogP contribution in [-0.2, 0) is 42.8 Å². The van der Waals surface area contributed by atoms with E-state index in [0.29, 0.717) is 0 Å². The number of imidazole rings is 1. The van der Waals surface area contributed by atoms with Crippen LogP contribution in [0.4, 0.5) is 10.3 Å². The number of aliphatic hydroxyl groups is 1. The second-order valence-electron chi connectivity index (χ2n) is 10.8. The Morgan fingerprint density at radius 3 is 2.81 bits per heavy atom. The first-order valence-electron chi connectivity index (χ1n) is 12.9. The number of nitriles is 1. The zero-order valence-electron chi connectivity index (χ0n) is 23.4. The average Bonchev–Trinajstić information content (AvgIpc) is 3.41. The number of nitrogens with one attached hydrogen (secondary N) is 2. The van der Waals surface area contributed by atoms with Gasteiger partial charge in [-0.2, -0.15) is 5.26 Å². The summed E-state index contributed by atoms with van der Waals surface area (Å²) in [6.45, 7) is 5.42. The molecule has 236 valence electrons. The summed E-state index contributed by atoms with van der Waals surface area (Å²) in [7, 11) is -4.51. The number of aromatic nitrogens is 4. The SMILES string of the molecule is CC(C)OC(=O)CCNC(=O)[C@@H]1OP(=O)(OC[C@H]2O[C@@](C#N)(c3cnc4c(=O)[nH]c(N)nn34)C(F)(Br)[C@H]2O)OCC1(C)C. The highest BCUT2D eigenvalue weighted by molar-refractivity contribution is 9.10. The zero-order valence-corrected chi connectivity index (χ0v) is 25.9. The van der Waals surface area contributed by atoms with E-state index in [4.69, 9.17) is 28.8 Å². The van der Waals surface area contributed by atoms with Gasteiger partial charge >= 0.3 is 13.8 Å². The highest BCUT2D eigenvalue weighted by Crippen LogP contribution is 2.59. The van der Waals surface area contributed by atoms with Gasteiger partial charge in [0.05, 0.1) is 31.9 Å². The minimum Gasteiger partial charge on any atom is -0.463 e. The third-order valence-electron chi connectivity index (χ3n) is 6.60. The van der Waals surface area contributed by atoms with Gasteiger partial charge in [0.2, 0.25) is 27.7 Å². The molecule has 1 amide bonds. The number of fused-ring (bicyclic) bond motifs is 1. The van der Waals surface area contributed by atoms with Gasteiger partial charge in [-0.25, -0.2) is 18.5 Å². The molecule has 2 aromatic heterocycles. The van der Waals surface area contributed by atoms with E-state index in [1.54, 1.807) is 33.8 Å². The van der Waals surface area contributed by atoms with Crippen molar-refractivity contribution in [2.45, 2.75) is 68.7 Å². The normalized spacial score (nSPS) is 32.0. The molecule has 2 aromatic rings. The van der Waals surface area contributed by atoms with Gasteiger partial charge in [0.25, 0.3) is 5.56 Å². The van der Waals surface area contributed by atoms with Crippen molar-refractivity contribution in [1.82, 2.24) is 24.9 Å². The number of carbonyl (C=O) groups excluding carboxylic acids is 2. The molecule has 5 N–H and O–H groups in total. The van der Waals surface area contributed by atoms with Crippen LogP contribution in [0.25, 0.3) is 5.65 Å². The zero-order chi connectivity index (χ0) is 32.0. The number of halogens is 2. The molecule has 0 aromatic carbocycles. The van der Waals surface area contributed by atoms with Crippen LogP contribution in [0, 0.1) is 16.7 Å². The molecule has 2 saturated heterocycles. The van der Waals surface area contributed by atoms with Crippen LogP contribution in [0.2, 0.25) is 0 Å². The van der Waals surface area contributed by atoms with Gasteiger partial charge in [-0.3, -0.25) is 32.9 Å². The highest BCUT2D eigenvalue weighted by Gasteiger charge is 2.69. The lowest BCUT2D eigenvalue weighted by Gasteiger charge is -2.39. The van der Waals surface area contributed by atoms with Crippen molar-refractivity contribution in [3.05, 3.63) is 22.2 Å². The molecule has 0 bridgehead atoms. The highest BCUT2D eigenvalue weighted by atomic mass is 79.9. The second kappa shape index (κ2) is 11.8. The number of nitrogen functional groups attached to an aromatic ring is 1. The number of hydrogen-bond donors (Lipinski definition) is 4. The van der Waals surface area contributed by atoms with E-state index >= 15 is 4.39 Å². The number of H-pyrrole nitrogens is 1. The molecular weight excluding hydrogens is 664 g/mol. The molecule has 4 heterocycles. The summed E-state index contributed by atoms with van der Waals surface area (Å²) in [5.41, 5.74) is 0.433. The van der Waals surface area contributed by atoms with Crippen molar-refractivity contribution in [2.75, 3.05) is 25.5 Å². The number of amides is 1. The second-order valence-corrected chi connectivity index (χ2v) is 13.6. The lowest BCUT2D eigenvalue weighted by atomic mass is 9.87. The van der Waals surface area contributed by atoms with Crippen LogP contribution in [0.1, 0.15) is 39.8 Å². The molecule has 4 rings (SSSR count). The molecule has 0 saturated carbocycles. The first kappa shape index (κ1) is 32.9. The maximum Gasteiger partial charge on any atom is 0.475 e. The van der Waals surface area contributed by atoms with Crippen LogP contribution < -0.4 is 16.6 Å².